The van der Waals surface area contributed by atoms with Gasteiger partial charge in [0.2, 0.25) is 0 Å². The molecule has 0 bridgehead atoms. The second kappa shape index (κ2) is 25.2. The highest BCUT2D eigenvalue weighted by Gasteiger charge is 2.20. The Morgan fingerprint density at radius 1 is 0.600 bits per heavy atom. The summed E-state index contributed by atoms with van der Waals surface area (Å²) in [7, 11) is 0. The predicted octanol–water partition coefficient (Wildman–Crippen LogP) is 8.29. The van der Waals surface area contributed by atoms with Crippen molar-refractivity contribution in [2.75, 3.05) is 6.54 Å². The van der Waals surface area contributed by atoms with Crippen molar-refractivity contribution < 1.29 is 19.9 Å². The first-order chi connectivity index (χ1) is 16.9. The predicted molar refractivity (Wildman–Crippen MR) is 149 cm³/mol. The Bertz CT molecular complexity index is 436. The normalized spacial score (nSPS) is 15.7. The molecule has 0 aromatic carbocycles. The molecule has 0 radical (unpaired) electrons. The molecule has 0 rings (SSSR count). The van der Waals surface area contributed by atoms with E-state index in [1.54, 1.807) is 19.1 Å². The highest BCUT2D eigenvalue weighted by molar-refractivity contribution is 4.81. The first-order valence-corrected chi connectivity index (χ1v) is 15.0. The van der Waals surface area contributed by atoms with Crippen molar-refractivity contribution >= 4 is 0 Å². The second-order valence-electron chi connectivity index (χ2n) is 10.4. The highest BCUT2D eigenvalue weighted by Crippen LogP contribution is 2.17. The molecule has 0 aliphatic rings. The minimum atomic E-state index is -0.397. The molecule has 2 N–H and O–H groups in total. The molecule has 5 heteroatoms. The summed E-state index contributed by atoms with van der Waals surface area (Å²) in [5, 5.41) is 21.2. The van der Waals surface area contributed by atoms with Gasteiger partial charge in [0, 0.05) is 12.8 Å². The molecule has 210 valence electrons. The topological polar surface area (TPSA) is 62.2 Å². The maximum atomic E-state index is 9.76. The lowest BCUT2D eigenvalue weighted by molar-refractivity contribution is -0.405. The van der Waals surface area contributed by atoms with Gasteiger partial charge in [0.05, 0.1) is 31.0 Å². The Kier molecular flexibility index (Phi) is 24.9. The van der Waals surface area contributed by atoms with Crippen LogP contribution >= 0.6 is 0 Å². The summed E-state index contributed by atoms with van der Waals surface area (Å²) < 4.78 is 0. The van der Waals surface area contributed by atoms with Gasteiger partial charge in [0.25, 0.3) is 0 Å². The fraction of sp³-hybridized carbons (Fsp3) is 0.933. The van der Waals surface area contributed by atoms with Crippen LogP contribution in [-0.2, 0) is 9.68 Å². The lowest BCUT2D eigenvalue weighted by Crippen LogP contribution is -2.36. The molecule has 5 nitrogen and oxygen atoms in total. The van der Waals surface area contributed by atoms with E-state index in [2.05, 4.69) is 32.9 Å². The van der Waals surface area contributed by atoms with Crippen LogP contribution in [0.1, 0.15) is 150 Å². The first-order valence-electron chi connectivity index (χ1n) is 15.0. The molecule has 0 amide bonds. The molecule has 0 aliphatic heterocycles. The lowest BCUT2D eigenvalue weighted by atomic mass is 10.1. The van der Waals surface area contributed by atoms with Gasteiger partial charge in [-0.3, -0.25) is 9.68 Å². The van der Waals surface area contributed by atoms with E-state index < -0.39 is 12.2 Å². The molecular formula is C30H61NO4. The van der Waals surface area contributed by atoms with Crippen molar-refractivity contribution in [2.45, 2.75) is 175 Å². The third kappa shape index (κ3) is 23.7. The molecule has 0 aromatic heterocycles. The van der Waals surface area contributed by atoms with E-state index in [4.69, 9.17) is 9.68 Å². The second-order valence-corrected chi connectivity index (χ2v) is 10.4. The molecule has 0 heterocycles. The van der Waals surface area contributed by atoms with E-state index in [1.165, 1.54) is 77.0 Å². The molecule has 0 saturated heterocycles. The number of aliphatic hydroxyl groups is 2. The number of rotatable bonds is 26. The smallest absolute Gasteiger partial charge is 0.0841 e. The summed E-state index contributed by atoms with van der Waals surface area (Å²) in [6.45, 7) is 10.7. The van der Waals surface area contributed by atoms with Crippen LogP contribution in [0, 0.1) is 0 Å². The maximum absolute atomic E-state index is 9.76. The van der Waals surface area contributed by atoms with E-state index in [9.17, 15) is 10.2 Å². The van der Waals surface area contributed by atoms with Gasteiger partial charge in [0.1, 0.15) is 0 Å². The van der Waals surface area contributed by atoms with Crippen LogP contribution in [0.15, 0.2) is 12.2 Å². The monoisotopic (exact) mass is 499 g/mol. The summed E-state index contributed by atoms with van der Waals surface area (Å²) in [6, 6.07) is 0. The molecule has 35 heavy (non-hydrogen) atoms. The number of unbranched alkanes of at least 4 members (excludes halogenated alkanes) is 12. The fourth-order valence-corrected chi connectivity index (χ4v) is 4.28. The van der Waals surface area contributed by atoms with Gasteiger partial charge in [0.15, 0.2) is 0 Å². The minimum absolute atomic E-state index is 0.0619. The largest absolute Gasteiger partial charge is 0.393 e. The van der Waals surface area contributed by atoms with Gasteiger partial charge in [-0.25, -0.2) is 0 Å². The fourth-order valence-electron chi connectivity index (χ4n) is 4.28. The van der Waals surface area contributed by atoms with Crippen LogP contribution in [0.25, 0.3) is 0 Å². The number of nitrogens with zero attached hydrogens (tertiary/aromatic N) is 1. The van der Waals surface area contributed by atoms with Crippen molar-refractivity contribution in [3.8, 4) is 0 Å². The van der Waals surface area contributed by atoms with E-state index in [1.807, 2.05) is 0 Å². The Labute approximate surface area is 218 Å². The van der Waals surface area contributed by atoms with Crippen LogP contribution in [-0.4, -0.2) is 46.4 Å². The van der Waals surface area contributed by atoms with E-state index in [0.29, 0.717) is 19.4 Å². The SMILES string of the molecule is CCCCCCCC/C=C\CCCCCCCCN(OC(CC)CC(C)O)OC(CC)CC(C)O. The summed E-state index contributed by atoms with van der Waals surface area (Å²) in [4.78, 5) is 12.2. The standard InChI is InChI=1S/C30H61NO4/c1-6-9-10-11-12-13-14-15-16-17-18-19-20-21-22-23-24-31(34-29(7-2)25-27(4)32)35-30(8-3)26-28(5)33/h15-16,27-30,32-33H,6-14,17-26H2,1-5H3/b16-15-. The molecule has 0 aliphatic carbocycles. The van der Waals surface area contributed by atoms with Crippen molar-refractivity contribution in [1.82, 2.24) is 5.23 Å². The van der Waals surface area contributed by atoms with Crippen LogP contribution in [0.4, 0.5) is 0 Å². The Morgan fingerprint density at radius 2 is 1.00 bits per heavy atom. The average molecular weight is 500 g/mol. The van der Waals surface area contributed by atoms with Crippen LogP contribution in [0.2, 0.25) is 0 Å². The van der Waals surface area contributed by atoms with Crippen molar-refractivity contribution in [3.63, 3.8) is 0 Å². The Hall–Kier alpha value is -0.460. The minimum Gasteiger partial charge on any atom is -0.393 e. The van der Waals surface area contributed by atoms with E-state index >= 15 is 0 Å². The molecule has 0 saturated carbocycles. The Morgan fingerprint density at radius 3 is 1.40 bits per heavy atom. The van der Waals surface area contributed by atoms with Gasteiger partial charge in [-0.2, -0.15) is 0 Å². The van der Waals surface area contributed by atoms with Crippen LogP contribution in [0.3, 0.4) is 0 Å². The molecular weight excluding hydrogens is 438 g/mol. The molecule has 4 atom stereocenters. The van der Waals surface area contributed by atoms with Crippen molar-refractivity contribution in [2.24, 2.45) is 0 Å². The van der Waals surface area contributed by atoms with Gasteiger partial charge in [-0.15, -0.1) is 0 Å². The van der Waals surface area contributed by atoms with E-state index in [-0.39, 0.29) is 12.2 Å². The zero-order chi connectivity index (χ0) is 26.2. The summed E-state index contributed by atoms with van der Waals surface area (Å²) in [5.74, 6) is 0. The molecule has 0 spiro atoms. The number of allylic oxidation sites excluding steroid dienone is 2. The third-order valence-corrected chi connectivity index (χ3v) is 6.50. The average Bonchev–Trinajstić information content (AvgIpc) is 2.82. The quantitative estimate of drug-likeness (QED) is 0.0712. The lowest BCUT2D eigenvalue weighted by Gasteiger charge is -2.30. The van der Waals surface area contributed by atoms with Gasteiger partial charge in [-0.05, 0) is 58.8 Å². The molecule has 0 aromatic rings. The highest BCUT2D eigenvalue weighted by atomic mass is 17.0. The van der Waals surface area contributed by atoms with Gasteiger partial charge in [-0.1, -0.05) is 95.9 Å². The van der Waals surface area contributed by atoms with Crippen molar-refractivity contribution in [1.29, 1.82) is 0 Å². The van der Waals surface area contributed by atoms with Crippen molar-refractivity contribution in [3.05, 3.63) is 12.2 Å². The number of hydrogen-bond acceptors (Lipinski definition) is 5. The summed E-state index contributed by atoms with van der Waals surface area (Å²) >= 11 is 0. The maximum Gasteiger partial charge on any atom is 0.0841 e. The zero-order valence-corrected chi connectivity index (χ0v) is 24.1. The third-order valence-electron chi connectivity index (χ3n) is 6.50. The van der Waals surface area contributed by atoms with Crippen LogP contribution in [0.5, 0.6) is 0 Å². The number of aliphatic hydroxyl groups excluding tert-OH is 2. The summed E-state index contributed by atoms with van der Waals surface area (Å²) in [6.07, 6.45) is 24.7. The zero-order valence-electron chi connectivity index (χ0n) is 24.1. The van der Waals surface area contributed by atoms with Gasteiger partial charge >= 0.3 is 0 Å². The number of hydrogen-bond donors (Lipinski definition) is 2. The molecule has 4 unspecified atom stereocenters. The first kappa shape index (κ1) is 34.5. The summed E-state index contributed by atoms with van der Waals surface area (Å²) in [5.41, 5.74) is 0. The van der Waals surface area contributed by atoms with Gasteiger partial charge < -0.3 is 10.2 Å². The Balaban J connectivity index is 4.05. The number of hydroxylamine groups is 2. The molecule has 0 fully saturated rings. The van der Waals surface area contributed by atoms with Crippen LogP contribution < -0.4 is 0 Å². The van der Waals surface area contributed by atoms with E-state index in [0.717, 1.165) is 25.7 Å².